The van der Waals surface area contributed by atoms with E-state index in [1.165, 1.54) is 84.0 Å². The van der Waals surface area contributed by atoms with Crippen LogP contribution in [0.25, 0.3) is 0 Å². The third-order valence-corrected chi connectivity index (χ3v) is 7.00. The summed E-state index contributed by atoms with van der Waals surface area (Å²) in [6.07, 6.45) is 22.0. The normalized spacial score (nSPS) is 13.8. The Morgan fingerprint density at radius 1 is 0.655 bits per heavy atom. The minimum Gasteiger partial charge on any atom is -0.748 e. The Morgan fingerprint density at radius 2 is 0.966 bits per heavy atom. The van der Waals surface area contributed by atoms with Crippen molar-refractivity contribution in [2.75, 3.05) is 0 Å². The average molecular weight is 459 g/mol. The van der Waals surface area contributed by atoms with Gasteiger partial charge >= 0.3 is 51.4 Å². The minimum atomic E-state index is -4.09. The SMILES string of the molecule is CCCCC(O)CCCCCCCCCCCCCCCCC(C)S(=O)(=O)[O-].[K+]. The van der Waals surface area contributed by atoms with Gasteiger partial charge in [0.05, 0.1) is 16.2 Å². The summed E-state index contributed by atoms with van der Waals surface area (Å²) < 4.78 is 32.4. The number of hydrogen-bond acceptors (Lipinski definition) is 4. The second-order valence-electron chi connectivity index (χ2n) is 8.63. The van der Waals surface area contributed by atoms with Crippen LogP contribution in [0, 0.1) is 0 Å². The van der Waals surface area contributed by atoms with E-state index >= 15 is 0 Å². The maximum Gasteiger partial charge on any atom is 1.00 e. The molecule has 0 aliphatic rings. The summed E-state index contributed by atoms with van der Waals surface area (Å²) in [6.45, 7) is 3.69. The van der Waals surface area contributed by atoms with Crippen LogP contribution in [-0.2, 0) is 10.1 Å². The first-order valence-electron chi connectivity index (χ1n) is 12.0. The van der Waals surface area contributed by atoms with E-state index in [4.69, 9.17) is 0 Å². The van der Waals surface area contributed by atoms with Crippen molar-refractivity contribution in [2.45, 2.75) is 147 Å². The van der Waals surface area contributed by atoms with E-state index < -0.39 is 15.4 Å². The van der Waals surface area contributed by atoms with E-state index in [2.05, 4.69) is 6.92 Å². The molecule has 0 aromatic carbocycles. The van der Waals surface area contributed by atoms with E-state index in [1.807, 2.05) is 0 Å². The van der Waals surface area contributed by atoms with Crippen LogP contribution < -0.4 is 51.4 Å². The summed E-state index contributed by atoms with van der Waals surface area (Å²) in [4.78, 5) is 0. The van der Waals surface area contributed by atoms with Gasteiger partial charge in [0.15, 0.2) is 0 Å². The number of aliphatic hydroxyl groups excluding tert-OH is 1. The van der Waals surface area contributed by atoms with Gasteiger partial charge in [0, 0.05) is 5.25 Å². The largest absolute Gasteiger partial charge is 1.00 e. The Bertz CT molecular complexity index is 429. The van der Waals surface area contributed by atoms with Crippen LogP contribution >= 0.6 is 0 Å². The monoisotopic (exact) mass is 458 g/mol. The molecule has 29 heavy (non-hydrogen) atoms. The van der Waals surface area contributed by atoms with Crippen molar-refractivity contribution in [1.29, 1.82) is 0 Å². The summed E-state index contributed by atoms with van der Waals surface area (Å²) in [5, 5.41) is 9.07. The van der Waals surface area contributed by atoms with Gasteiger partial charge in [0.25, 0.3) is 0 Å². The minimum absolute atomic E-state index is 0. The molecule has 2 unspecified atom stereocenters. The van der Waals surface area contributed by atoms with E-state index in [1.54, 1.807) is 0 Å². The Kier molecular flexibility index (Phi) is 25.6. The second kappa shape index (κ2) is 22.7. The fourth-order valence-electron chi connectivity index (χ4n) is 3.66. The molecule has 0 bridgehead atoms. The Labute approximate surface area is 224 Å². The van der Waals surface area contributed by atoms with Crippen LogP contribution in [0.3, 0.4) is 0 Å². The van der Waals surface area contributed by atoms with Gasteiger partial charge in [0.2, 0.25) is 0 Å². The average Bonchev–Trinajstić information content (AvgIpc) is 2.64. The molecule has 0 saturated heterocycles. The third-order valence-electron chi connectivity index (χ3n) is 5.78. The Hall–Kier alpha value is 1.51. The van der Waals surface area contributed by atoms with Gasteiger partial charge in [-0.1, -0.05) is 110 Å². The molecule has 0 aliphatic heterocycles. The second-order valence-corrected chi connectivity index (χ2v) is 10.4. The van der Waals surface area contributed by atoms with Gasteiger partial charge in [-0.15, -0.1) is 0 Å². The van der Waals surface area contributed by atoms with Gasteiger partial charge < -0.3 is 9.66 Å². The maximum atomic E-state index is 10.8. The van der Waals surface area contributed by atoms with E-state index in [0.717, 1.165) is 38.5 Å². The molecule has 4 nitrogen and oxygen atoms in total. The summed E-state index contributed by atoms with van der Waals surface area (Å²) in [5.41, 5.74) is 0. The predicted octanol–water partition coefficient (Wildman–Crippen LogP) is 3.72. The number of unbranched alkanes of at least 4 members (excludes halogenated alkanes) is 14. The quantitative estimate of drug-likeness (QED) is 0.162. The molecule has 0 rings (SSSR count). The van der Waals surface area contributed by atoms with Gasteiger partial charge in [-0.2, -0.15) is 0 Å². The van der Waals surface area contributed by atoms with Gasteiger partial charge in [-0.3, -0.25) is 0 Å². The van der Waals surface area contributed by atoms with Crippen LogP contribution in [0.1, 0.15) is 136 Å². The van der Waals surface area contributed by atoms with Gasteiger partial charge in [-0.25, -0.2) is 8.42 Å². The van der Waals surface area contributed by atoms with Crippen molar-refractivity contribution < 1.29 is 69.5 Å². The maximum absolute atomic E-state index is 10.8. The number of aliphatic hydroxyl groups is 1. The summed E-state index contributed by atoms with van der Waals surface area (Å²) in [6, 6.07) is 0. The van der Waals surface area contributed by atoms with Crippen molar-refractivity contribution in [3.63, 3.8) is 0 Å². The molecule has 0 aliphatic carbocycles. The first kappa shape index (κ1) is 32.7. The van der Waals surface area contributed by atoms with Crippen molar-refractivity contribution in [2.24, 2.45) is 0 Å². The molecule has 2 atom stereocenters. The fourth-order valence-corrected chi connectivity index (χ4v) is 4.12. The predicted molar refractivity (Wildman–Crippen MR) is 119 cm³/mol. The van der Waals surface area contributed by atoms with Crippen LogP contribution in [0.15, 0.2) is 0 Å². The van der Waals surface area contributed by atoms with Crippen LogP contribution in [0.2, 0.25) is 0 Å². The van der Waals surface area contributed by atoms with Crippen LogP contribution in [0.5, 0.6) is 0 Å². The molecule has 0 amide bonds. The molecule has 170 valence electrons. The van der Waals surface area contributed by atoms with Crippen molar-refractivity contribution in [3.8, 4) is 0 Å². The third kappa shape index (κ3) is 24.0. The standard InChI is InChI=1S/C23H48O4S.K/c1-3-4-20-23(24)21-18-16-14-12-10-8-6-5-7-9-11-13-15-17-19-22(2)28(25,26)27;/h22-24H,3-21H2,1-2H3,(H,25,26,27);/q;+1/p-1. The molecule has 0 aromatic rings. The van der Waals surface area contributed by atoms with Gasteiger partial charge in [-0.05, 0) is 26.2 Å². The molecular weight excluding hydrogens is 411 g/mol. The Morgan fingerprint density at radius 3 is 1.31 bits per heavy atom. The van der Waals surface area contributed by atoms with Gasteiger partial charge in [0.1, 0.15) is 0 Å². The zero-order chi connectivity index (χ0) is 21.1. The van der Waals surface area contributed by atoms with E-state index in [0.29, 0.717) is 6.42 Å². The molecule has 1 N–H and O–H groups in total. The molecule has 6 heteroatoms. The Balaban J connectivity index is 0. The summed E-state index contributed by atoms with van der Waals surface area (Å²) in [7, 11) is -4.09. The summed E-state index contributed by atoms with van der Waals surface area (Å²) in [5.74, 6) is 0. The first-order valence-corrected chi connectivity index (χ1v) is 13.5. The molecule has 0 aromatic heterocycles. The first-order chi connectivity index (χ1) is 13.4. The molecule has 0 fully saturated rings. The molecular formula is C23H47KO4S. The zero-order valence-corrected chi connectivity index (χ0v) is 23.6. The van der Waals surface area contributed by atoms with Crippen LogP contribution in [-0.4, -0.2) is 29.4 Å². The van der Waals surface area contributed by atoms with E-state index in [9.17, 15) is 18.1 Å². The molecule has 0 saturated carbocycles. The molecule has 0 radical (unpaired) electrons. The molecule has 0 spiro atoms. The van der Waals surface area contributed by atoms with Crippen molar-refractivity contribution >= 4 is 10.1 Å². The van der Waals surface area contributed by atoms with Crippen LogP contribution in [0.4, 0.5) is 0 Å². The van der Waals surface area contributed by atoms with E-state index in [-0.39, 0.29) is 57.5 Å². The topological polar surface area (TPSA) is 77.4 Å². The fraction of sp³-hybridized carbons (Fsp3) is 1.00. The number of rotatable bonds is 21. The number of hydrogen-bond donors (Lipinski definition) is 1. The summed E-state index contributed by atoms with van der Waals surface area (Å²) >= 11 is 0. The van der Waals surface area contributed by atoms with Crippen molar-refractivity contribution in [3.05, 3.63) is 0 Å². The zero-order valence-electron chi connectivity index (χ0n) is 19.7. The molecule has 0 heterocycles. The van der Waals surface area contributed by atoms with Crippen molar-refractivity contribution in [1.82, 2.24) is 0 Å². The smallest absolute Gasteiger partial charge is 0.748 e.